The second-order valence-corrected chi connectivity index (χ2v) is 11.7. The van der Waals surface area contributed by atoms with Crippen molar-refractivity contribution in [2.24, 2.45) is 17.6 Å². The van der Waals surface area contributed by atoms with E-state index in [9.17, 15) is 28.8 Å². The van der Waals surface area contributed by atoms with Crippen molar-refractivity contribution in [3.63, 3.8) is 0 Å². The van der Waals surface area contributed by atoms with E-state index in [1.165, 1.54) is 7.05 Å². The molecule has 13 heteroatoms. The Morgan fingerprint density at radius 1 is 1.00 bits per heavy atom. The van der Waals surface area contributed by atoms with Crippen LogP contribution in [0, 0.1) is 11.8 Å². The van der Waals surface area contributed by atoms with Crippen molar-refractivity contribution in [2.75, 3.05) is 46.4 Å². The number of Topliss-reactive ketones (excluding diaryl/α,β-unsaturated/α-hetero) is 1. The number of amides is 5. The summed E-state index contributed by atoms with van der Waals surface area (Å²) in [5, 5.41) is 7.79. The first-order valence-corrected chi connectivity index (χ1v) is 15.1. The highest BCUT2D eigenvalue weighted by Crippen LogP contribution is 2.12. The van der Waals surface area contributed by atoms with Crippen LogP contribution >= 0.6 is 0 Å². The van der Waals surface area contributed by atoms with E-state index in [0.29, 0.717) is 39.1 Å². The number of carbonyl (C=O) groups excluding carboxylic acids is 6. The number of nitrogens with one attached hydrogen (secondary N) is 3. The van der Waals surface area contributed by atoms with E-state index in [1.54, 1.807) is 31.2 Å². The van der Waals surface area contributed by atoms with Gasteiger partial charge in [-0.25, -0.2) is 0 Å². The normalized spacial score (nSPS) is 16.2. The molecule has 0 aromatic heterocycles. The Hall–Kier alpha value is -3.84. The highest BCUT2D eigenvalue weighted by molar-refractivity contribution is 6.38. The molecular weight excluding hydrogens is 568 g/mol. The average Bonchev–Trinajstić information content (AvgIpc) is 3.00. The van der Waals surface area contributed by atoms with Gasteiger partial charge in [0, 0.05) is 26.6 Å². The lowest BCUT2D eigenvalue weighted by Gasteiger charge is -2.29. The molecule has 1 heterocycles. The molecule has 1 saturated heterocycles. The van der Waals surface area contributed by atoms with E-state index < -0.39 is 60.0 Å². The Kier molecular flexibility index (Phi) is 14.9. The van der Waals surface area contributed by atoms with Crippen LogP contribution in [0.1, 0.15) is 46.1 Å². The van der Waals surface area contributed by atoms with Gasteiger partial charge in [0.15, 0.2) is 0 Å². The zero-order valence-corrected chi connectivity index (χ0v) is 26.5. The molecule has 0 aliphatic carbocycles. The van der Waals surface area contributed by atoms with Gasteiger partial charge in [0.25, 0.3) is 5.91 Å². The molecule has 44 heavy (non-hydrogen) atoms. The van der Waals surface area contributed by atoms with Gasteiger partial charge in [0.05, 0.1) is 32.3 Å². The Bertz CT molecular complexity index is 1140. The highest BCUT2D eigenvalue weighted by atomic mass is 16.5. The fourth-order valence-corrected chi connectivity index (χ4v) is 4.81. The zero-order valence-electron chi connectivity index (χ0n) is 26.5. The molecule has 0 bridgehead atoms. The lowest BCUT2D eigenvalue weighted by Crippen LogP contribution is -2.57. The third-order valence-electron chi connectivity index (χ3n) is 7.71. The quantitative estimate of drug-likeness (QED) is 0.171. The topological polar surface area (TPSA) is 180 Å². The summed E-state index contributed by atoms with van der Waals surface area (Å²) in [5.74, 6) is -4.53. The van der Waals surface area contributed by atoms with Crippen molar-refractivity contribution < 1.29 is 33.5 Å². The number of likely N-dealkylation sites (N-methyl/N-ethyl adjacent to an activating group) is 1. The molecule has 0 spiro atoms. The van der Waals surface area contributed by atoms with Crippen molar-refractivity contribution >= 4 is 35.3 Å². The van der Waals surface area contributed by atoms with Crippen molar-refractivity contribution in [2.45, 2.75) is 65.1 Å². The number of ketones is 1. The SMILES string of the molecule is CC[C@H](C)C(NC(=O)C(CC(C)C)NC(=O)CN1CCOCC1)C(=O)C(=O)NCC(=O)N(C)C(Cc1ccccc1)C(N)=O. The Balaban J connectivity index is 2.04. The molecule has 1 aromatic carbocycles. The first kappa shape index (κ1) is 36.4. The maximum absolute atomic E-state index is 13.4. The summed E-state index contributed by atoms with van der Waals surface area (Å²) in [7, 11) is 1.40. The second kappa shape index (κ2) is 18.1. The summed E-state index contributed by atoms with van der Waals surface area (Å²) in [6, 6.07) is 6.00. The fourth-order valence-electron chi connectivity index (χ4n) is 4.81. The molecule has 2 rings (SSSR count). The van der Waals surface area contributed by atoms with Crippen LogP contribution < -0.4 is 21.7 Å². The average molecular weight is 617 g/mol. The van der Waals surface area contributed by atoms with Crippen molar-refractivity contribution in [1.29, 1.82) is 0 Å². The van der Waals surface area contributed by atoms with Gasteiger partial charge in [0.2, 0.25) is 29.4 Å². The van der Waals surface area contributed by atoms with Crippen LogP contribution in [-0.4, -0.2) is 110 Å². The van der Waals surface area contributed by atoms with Crippen LogP contribution in [0.25, 0.3) is 0 Å². The van der Waals surface area contributed by atoms with Crippen LogP contribution in [0.5, 0.6) is 0 Å². The summed E-state index contributed by atoms with van der Waals surface area (Å²) in [6.07, 6.45) is 0.997. The van der Waals surface area contributed by atoms with Crippen LogP contribution in [0.3, 0.4) is 0 Å². The number of benzene rings is 1. The summed E-state index contributed by atoms with van der Waals surface area (Å²) >= 11 is 0. The number of nitrogens with two attached hydrogens (primary N) is 1. The first-order valence-electron chi connectivity index (χ1n) is 15.1. The smallest absolute Gasteiger partial charge is 0.290 e. The van der Waals surface area contributed by atoms with Crippen molar-refractivity contribution in [3.8, 4) is 0 Å². The number of morpholine rings is 1. The molecule has 3 unspecified atom stereocenters. The van der Waals surface area contributed by atoms with Gasteiger partial charge in [-0.05, 0) is 23.8 Å². The standard InChI is InChI=1S/C31H48N6O7/c1-6-21(4)27(35-30(42)23(16-20(2)3)34-25(38)19-37-12-14-44-15-13-37)28(40)31(43)33-18-26(39)36(5)24(29(32)41)17-22-10-8-7-9-11-22/h7-11,20-21,23-24,27H,6,12-19H2,1-5H3,(H2,32,41)(H,33,43)(H,34,38)(H,35,42)/t21-,23?,24?,27?/m0/s1. The van der Waals surface area contributed by atoms with Gasteiger partial charge in [0.1, 0.15) is 12.1 Å². The number of hydrogen-bond donors (Lipinski definition) is 4. The third kappa shape index (κ3) is 11.7. The lowest BCUT2D eigenvalue weighted by molar-refractivity contribution is -0.143. The summed E-state index contributed by atoms with van der Waals surface area (Å²) in [4.78, 5) is 80.3. The number of nitrogens with zero attached hydrogens (tertiary/aromatic N) is 2. The largest absolute Gasteiger partial charge is 0.379 e. The summed E-state index contributed by atoms with van der Waals surface area (Å²) < 4.78 is 5.31. The van der Waals surface area contributed by atoms with E-state index in [0.717, 1.165) is 10.5 Å². The highest BCUT2D eigenvalue weighted by Gasteiger charge is 2.34. The number of primary amides is 1. The minimum Gasteiger partial charge on any atom is -0.379 e. The molecule has 4 atom stereocenters. The maximum atomic E-state index is 13.4. The molecular formula is C31H48N6O7. The van der Waals surface area contributed by atoms with Crippen LogP contribution in [0.15, 0.2) is 30.3 Å². The Labute approximate surface area is 259 Å². The predicted octanol–water partition coefficient (Wildman–Crippen LogP) is -0.379. The number of hydrogen-bond acceptors (Lipinski definition) is 8. The van der Waals surface area contributed by atoms with Gasteiger partial charge >= 0.3 is 0 Å². The monoisotopic (exact) mass is 616 g/mol. The molecule has 0 radical (unpaired) electrons. The number of rotatable bonds is 17. The molecule has 1 aromatic rings. The molecule has 1 fully saturated rings. The molecule has 5 N–H and O–H groups in total. The van der Waals surface area contributed by atoms with E-state index >= 15 is 0 Å². The van der Waals surface area contributed by atoms with Crippen LogP contribution in [0.4, 0.5) is 0 Å². The molecule has 5 amide bonds. The minimum atomic E-state index is -1.18. The second-order valence-electron chi connectivity index (χ2n) is 11.7. The minimum absolute atomic E-state index is 0.0598. The Morgan fingerprint density at radius 3 is 2.20 bits per heavy atom. The fraction of sp³-hybridized carbons (Fsp3) is 0.613. The molecule has 13 nitrogen and oxygen atoms in total. The first-order chi connectivity index (χ1) is 20.8. The van der Waals surface area contributed by atoms with Gasteiger partial charge in [-0.1, -0.05) is 64.4 Å². The van der Waals surface area contributed by atoms with Gasteiger partial charge in [-0.3, -0.25) is 33.7 Å². The van der Waals surface area contributed by atoms with Gasteiger partial charge < -0.3 is 31.3 Å². The molecule has 244 valence electrons. The van der Waals surface area contributed by atoms with E-state index in [-0.39, 0.29) is 24.8 Å². The van der Waals surface area contributed by atoms with E-state index in [1.807, 2.05) is 31.7 Å². The third-order valence-corrected chi connectivity index (χ3v) is 7.71. The summed E-state index contributed by atoms with van der Waals surface area (Å²) in [5.41, 5.74) is 6.35. The van der Waals surface area contributed by atoms with Crippen molar-refractivity contribution in [3.05, 3.63) is 35.9 Å². The zero-order chi connectivity index (χ0) is 32.8. The van der Waals surface area contributed by atoms with Crippen LogP contribution in [0.2, 0.25) is 0 Å². The maximum Gasteiger partial charge on any atom is 0.290 e. The van der Waals surface area contributed by atoms with Crippen LogP contribution in [-0.2, 0) is 39.9 Å². The van der Waals surface area contributed by atoms with Gasteiger partial charge in [-0.15, -0.1) is 0 Å². The van der Waals surface area contributed by atoms with E-state index in [4.69, 9.17) is 10.5 Å². The number of carbonyl (C=O) groups is 6. The molecule has 1 aliphatic heterocycles. The molecule has 1 aliphatic rings. The summed E-state index contributed by atoms with van der Waals surface area (Å²) in [6.45, 7) is 9.23. The number of ether oxygens (including phenoxy) is 1. The molecule has 0 saturated carbocycles. The lowest BCUT2D eigenvalue weighted by atomic mass is 9.93. The van der Waals surface area contributed by atoms with E-state index in [2.05, 4.69) is 16.0 Å². The Morgan fingerprint density at radius 2 is 1.64 bits per heavy atom. The van der Waals surface area contributed by atoms with Crippen molar-refractivity contribution in [1.82, 2.24) is 25.8 Å². The predicted molar refractivity (Wildman–Crippen MR) is 164 cm³/mol. The van der Waals surface area contributed by atoms with Gasteiger partial charge in [-0.2, -0.15) is 0 Å².